The number of para-hydroxylation sites is 1. The lowest BCUT2D eigenvalue weighted by Gasteiger charge is -2.33. The molecule has 0 amide bonds. The standard InChI is InChI=1S/C19H22N2O/c20-13-15-9-11-22-19-12-16(7-8-17(15)19)21-10-3-5-14-4-1-2-6-18(14)21/h1-2,4,6-8,12,15H,3,5,9-11,13,20H2. The van der Waals surface area contributed by atoms with Crippen molar-refractivity contribution >= 4 is 11.4 Å². The van der Waals surface area contributed by atoms with Gasteiger partial charge in [-0.1, -0.05) is 24.3 Å². The summed E-state index contributed by atoms with van der Waals surface area (Å²) in [7, 11) is 0. The minimum atomic E-state index is 0.437. The SMILES string of the molecule is NCC1CCOc2cc(N3CCCc4ccccc43)ccc21. The van der Waals surface area contributed by atoms with E-state index < -0.39 is 0 Å². The third-order valence-corrected chi connectivity index (χ3v) is 4.87. The predicted molar refractivity (Wildman–Crippen MR) is 90.1 cm³/mol. The number of ether oxygens (including phenoxy) is 1. The fourth-order valence-electron chi connectivity index (χ4n) is 3.67. The van der Waals surface area contributed by atoms with Crippen molar-refractivity contribution in [3.63, 3.8) is 0 Å². The largest absolute Gasteiger partial charge is 0.493 e. The first kappa shape index (κ1) is 13.6. The van der Waals surface area contributed by atoms with E-state index in [0.29, 0.717) is 12.5 Å². The Kier molecular flexibility index (Phi) is 3.51. The smallest absolute Gasteiger partial charge is 0.124 e. The summed E-state index contributed by atoms with van der Waals surface area (Å²) in [6, 6.07) is 15.3. The van der Waals surface area contributed by atoms with Gasteiger partial charge in [-0.25, -0.2) is 0 Å². The van der Waals surface area contributed by atoms with Crippen LogP contribution in [0.15, 0.2) is 42.5 Å². The highest BCUT2D eigenvalue weighted by Gasteiger charge is 2.23. The Labute approximate surface area is 131 Å². The van der Waals surface area contributed by atoms with Gasteiger partial charge >= 0.3 is 0 Å². The molecule has 22 heavy (non-hydrogen) atoms. The number of nitrogens with zero attached hydrogens (tertiary/aromatic N) is 1. The average Bonchev–Trinajstić information content (AvgIpc) is 2.60. The maximum Gasteiger partial charge on any atom is 0.124 e. The molecule has 2 aliphatic heterocycles. The predicted octanol–water partition coefficient (Wildman–Crippen LogP) is 3.60. The second-order valence-electron chi connectivity index (χ2n) is 6.18. The molecule has 4 rings (SSSR count). The molecule has 0 saturated heterocycles. The van der Waals surface area contributed by atoms with Gasteiger partial charge in [-0.2, -0.15) is 0 Å². The van der Waals surface area contributed by atoms with Crippen LogP contribution in [0.25, 0.3) is 0 Å². The molecule has 0 aliphatic carbocycles. The van der Waals surface area contributed by atoms with Crippen LogP contribution >= 0.6 is 0 Å². The average molecular weight is 294 g/mol. The summed E-state index contributed by atoms with van der Waals surface area (Å²) >= 11 is 0. The van der Waals surface area contributed by atoms with Gasteiger partial charge < -0.3 is 15.4 Å². The fourth-order valence-corrected chi connectivity index (χ4v) is 3.67. The second kappa shape index (κ2) is 5.65. The Balaban J connectivity index is 1.73. The molecule has 1 atom stereocenters. The Morgan fingerprint density at radius 2 is 2.09 bits per heavy atom. The number of hydrogen-bond acceptors (Lipinski definition) is 3. The van der Waals surface area contributed by atoms with E-state index in [-0.39, 0.29) is 0 Å². The molecule has 2 aromatic carbocycles. The quantitative estimate of drug-likeness (QED) is 0.920. The van der Waals surface area contributed by atoms with Gasteiger partial charge in [0.2, 0.25) is 0 Å². The van der Waals surface area contributed by atoms with E-state index in [2.05, 4.69) is 47.4 Å². The summed E-state index contributed by atoms with van der Waals surface area (Å²) in [5.41, 5.74) is 11.2. The maximum atomic E-state index is 5.90. The summed E-state index contributed by atoms with van der Waals surface area (Å²) in [5, 5.41) is 0. The monoisotopic (exact) mass is 294 g/mol. The minimum Gasteiger partial charge on any atom is -0.493 e. The van der Waals surface area contributed by atoms with E-state index in [1.165, 1.54) is 35.3 Å². The number of fused-ring (bicyclic) bond motifs is 2. The molecule has 1 unspecified atom stereocenters. The molecule has 2 aliphatic rings. The zero-order valence-electron chi connectivity index (χ0n) is 12.8. The molecule has 3 heteroatoms. The number of hydrogen-bond donors (Lipinski definition) is 1. The van der Waals surface area contributed by atoms with E-state index >= 15 is 0 Å². The molecule has 2 N–H and O–H groups in total. The summed E-state index contributed by atoms with van der Waals surface area (Å²) in [5.74, 6) is 1.45. The lowest BCUT2D eigenvalue weighted by molar-refractivity contribution is 0.269. The molecule has 0 fully saturated rings. The highest BCUT2D eigenvalue weighted by atomic mass is 16.5. The topological polar surface area (TPSA) is 38.5 Å². The van der Waals surface area contributed by atoms with Crippen LogP contribution in [-0.4, -0.2) is 19.7 Å². The number of benzene rings is 2. The van der Waals surface area contributed by atoms with E-state index in [1.54, 1.807) is 0 Å². The van der Waals surface area contributed by atoms with E-state index in [9.17, 15) is 0 Å². The van der Waals surface area contributed by atoms with Crippen LogP contribution in [0.1, 0.15) is 29.9 Å². The number of anilines is 2. The summed E-state index contributed by atoms with van der Waals surface area (Å²) in [6.45, 7) is 2.53. The molecular formula is C19H22N2O. The van der Waals surface area contributed by atoms with Crippen molar-refractivity contribution in [1.29, 1.82) is 0 Å². The first-order valence-electron chi connectivity index (χ1n) is 8.19. The van der Waals surface area contributed by atoms with Crippen LogP contribution in [0, 0.1) is 0 Å². The zero-order valence-corrected chi connectivity index (χ0v) is 12.8. The molecule has 0 saturated carbocycles. The Morgan fingerprint density at radius 1 is 1.18 bits per heavy atom. The van der Waals surface area contributed by atoms with Gasteiger partial charge in [-0.05, 0) is 49.1 Å². The molecule has 0 aromatic heterocycles. The van der Waals surface area contributed by atoms with Crippen LogP contribution in [0.3, 0.4) is 0 Å². The lowest BCUT2D eigenvalue weighted by atomic mass is 9.92. The van der Waals surface area contributed by atoms with Gasteiger partial charge in [-0.15, -0.1) is 0 Å². The molecular weight excluding hydrogens is 272 g/mol. The molecule has 0 radical (unpaired) electrons. The highest BCUT2D eigenvalue weighted by molar-refractivity contribution is 5.69. The zero-order chi connectivity index (χ0) is 14.9. The molecule has 2 aromatic rings. The first-order chi connectivity index (χ1) is 10.9. The Bertz CT molecular complexity index is 683. The first-order valence-corrected chi connectivity index (χ1v) is 8.19. The van der Waals surface area contributed by atoms with Crippen molar-refractivity contribution in [2.75, 3.05) is 24.6 Å². The second-order valence-corrected chi connectivity index (χ2v) is 6.18. The lowest BCUT2D eigenvalue weighted by Crippen LogP contribution is -2.25. The molecule has 0 bridgehead atoms. The highest BCUT2D eigenvalue weighted by Crippen LogP contribution is 2.39. The van der Waals surface area contributed by atoms with Gasteiger partial charge in [0, 0.05) is 29.9 Å². The number of nitrogens with two attached hydrogens (primary N) is 1. The summed E-state index contributed by atoms with van der Waals surface area (Å²) < 4.78 is 5.89. The van der Waals surface area contributed by atoms with Crippen molar-refractivity contribution in [2.24, 2.45) is 5.73 Å². The van der Waals surface area contributed by atoms with Gasteiger partial charge in [0.1, 0.15) is 5.75 Å². The minimum absolute atomic E-state index is 0.437. The van der Waals surface area contributed by atoms with Crippen LogP contribution in [0.5, 0.6) is 5.75 Å². The van der Waals surface area contributed by atoms with Crippen LogP contribution in [0.2, 0.25) is 0 Å². The summed E-state index contributed by atoms with van der Waals surface area (Å²) in [6.07, 6.45) is 3.39. The molecule has 2 heterocycles. The van der Waals surface area contributed by atoms with Crippen molar-refractivity contribution < 1.29 is 4.74 Å². The molecule has 0 spiro atoms. The van der Waals surface area contributed by atoms with Crippen molar-refractivity contribution in [1.82, 2.24) is 0 Å². The van der Waals surface area contributed by atoms with Crippen LogP contribution in [0.4, 0.5) is 11.4 Å². The van der Waals surface area contributed by atoms with Crippen molar-refractivity contribution in [2.45, 2.75) is 25.2 Å². The maximum absolute atomic E-state index is 5.90. The van der Waals surface area contributed by atoms with Crippen molar-refractivity contribution in [3.8, 4) is 5.75 Å². The van der Waals surface area contributed by atoms with Gasteiger partial charge in [0.25, 0.3) is 0 Å². The van der Waals surface area contributed by atoms with E-state index in [1.807, 2.05) is 0 Å². The summed E-state index contributed by atoms with van der Waals surface area (Å²) in [4.78, 5) is 2.41. The molecule has 114 valence electrons. The van der Waals surface area contributed by atoms with Gasteiger partial charge in [0.05, 0.1) is 6.61 Å². The normalized spacial score (nSPS) is 20.0. The van der Waals surface area contributed by atoms with Crippen LogP contribution in [-0.2, 0) is 6.42 Å². The molecule has 3 nitrogen and oxygen atoms in total. The van der Waals surface area contributed by atoms with E-state index in [0.717, 1.165) is 25.3 Å². The van der Waals surface area contributed by atoms with Gasteiger partial charge in [0.15, 0.2) is 0 Å². The Hall–Kier alpha value is -2.00. The number of aryl methyl sites for hydroxylation is 1. The van der Waals surface area contributed by atoms with E-state index in [4.69, 9.17) is 10.5 Å². The Morgan fingerprint density at radius 3 is 3.00 bits per heavy atom. The van der Waals surface area contributed by atoms with Gasteiger partial charge in [-0.3, -0.25) is 0 Å². The third-order valence-electron chi connectivity index (χ3n) is 4.87. The third kappa shape index (κ3) is 2.26. The van der Waals surface area contributed by atoms with Crippen molar-refractivity contribution in [3.05, 3.63) is 53.6 Å². The fraction of sp³-hybridized carbons (Fsp3) is 0.368. The van der Waals surface area contributed by atoms with Crippen LogP contribution < -0.4 is 15.4 Å². The number of rotatable bonds is 2.